The van der Waals surface area contributed by atoms with E-state index in [0.29, 0.717) is 0 Å². The van der Waals surface area contributed by atoms with Gasteiger partial charge >= 0.3 is 0 Å². The first kappa shape index (κ1) is 5.34. The standard InChI is InChI=1S/C6H5IN2/c7-9-4-2-5-1-3-8-6(5)9/h1-4,8H. The number of hydrogen-bond donors (Lipinski definition) is 1. The lowest BCUT2D eigenvalue weighted by Crippen LogP contribution is -1.71. The highest BCUT2D eigenvalue weighted by molar-refractivity contribution is 14.1. The number of hydrogen-bond acceptors (Lipinski definition) is 0. The highest BCUT2D eigenvalue weighted by Gasteiger charge is 1.95. The molecule has 0 unspecified atom stereocenters. The van der Waals surface area contributed by atoms with Gasteiger partial charge in [0.25, 0.3) is 0 Å². The SMILES string of the molecule is In1ccc2cc[nH]c21. The first-order valence-corrected chi connectivity index (χ1v) is 3.65. The van der Waals surface area contributed by atoms with E-state index in [1.165, 1.54) is 11.0 Å². The largest absolute Gasteiger partial charge is 0.347 e. The van der Waals surface area contributed by atoms with Gasteiger partial charge in [-0.25, -0.2) is 0 Å². The van der Waals surface area contributed by atoms with Crippen LogP contribution >= 0.6 is 22.9 Å². The molecule has 0 aromatic carbocycles. The second-order valence-corrected chi connectivity index (χ2v) is 2.95. The van der Waals surface area contributed by atoms with Crippen molar-refractivity contribution in [3.8, 4) is 0 Å². The highest BCUT2D eigenvalue weighted by Crippen LogP contribution is 2.14. The lowest BCUT2D eigenvalue weighted by Gasteiger charge is -1.83. The van der Waals surface area contributed by atoms with Crippen LogP contribution in [0.15, 0.2) is 24.5 Å². The zero-order valence-electron chi connectivity index (χ0n) is 4.63. The van der Waals surface area contributed by atoms with Gasteiger partial charge in [0.05, 0.1) is 22.9 Å². The summed E-state index contributed by atoms with van der Waals surface area (Å²) in [5.41, 5.74) is 1.18. The fraction of sp³-hybridized carbons (Fsp3) is 0. The van der Waals surface area contributed by atoms with Crippen LogP contribution in [0.1, 0.15) is 0 Å². The van der Waals surface area contributed by atoms with Gasteiger partial charge in [0.2, 0.25) is 0 Å². The fourth-order valence-electron chi connectivity index (χ4n) is 0.912. The lowest BCUT2D eigenvalue weighted by molar-refractivity contribution is 1.32. The number of nitrogens with zero attached hydrogens (tertiary/aromatic N) is 1. The summed E-state index contributed by atoms with van der Waals surface area (Å²) in [5.74, 6) is 0. The molecule has 46 valence electrons. The molecule has 0 amide bonds. The van der Waals surface area contributed by atoms with Crippen molar-refractivity contribution < 1.29 is 0 Å². The van der Waals surface area contributed by atoms with E-state index in [9.17, 15) is 0 Å². The predicted octanol–water partition coefficient (Wildman–Crippen LogP) is 2.17. The number of fused-ring (bicyclic) bond motifs is 1. The topological polar surface area (TPSA) is 20.7 Å². The Bertz CT molecular complexity index is 320. The Kier molecular flexibility index (Phi) is 1.05. The van der Waals surface area contributed by atoms with Gasteiger partial charge < -0.3 is 4.98 Å². The number of aromatic nitrogens is 2. The van der Waals surface area contributed by atoms with Crippen LogP contribution in [-0.4, -0.2) is 7.76 Å². The Labute approximate surface area is 66.4 Å². The Balaban J connectivity index is 2.99. The average molecular weight is 232 g/mol. The molecule has 0 fully saturated rings. The molecule has 0 radical (unpaired) electrons. The smallest absolute Gasteiger partial charge is 0.126 e. The molecule has 0 saturated heterocycles. The van der Waals surface area contributed by atoms with Gasteiger partial charge in [0.1, 0.15) is 5.65 Å². The van der Waals surface area contributed by atoms with Crippen LogP contribution in [0.2, 0.25) is 0 Å². The van der Waals surface area contributed by atoms with Crippen LogP contribution in [-0.2, 0) is 0 Å². The Morgan fingerprint density at radius 2 is 2.33 bits per heavy atom. The number of rotatable bonds is 0. The Hall–Kier alpha value is -0.450. The van der Waals surface area contributed by atoms with E-state index in [1.807, 2.05) is 15.2 Å². The molecule has 2 heterocycles. The number of halogens is 1. The van der Waals surface area contributed by atoms with E-state index in [1.54, 1.807) is 0 Å². The molecule has 0 aliphatic carbocycles. The molecule has 2 rings (SSSR count). The van der Waals surface area contributed by atoms with Crippen LogP contribution in [0.4, 0.5) is 0 Å². The molecular formula is C6H5IN2. The van der Waals surface area contributed by atoms with Crippen molar-refractivity contribution in [3.05, 3.63) is 24.5 Å². The molecule has 0 aliphatic rings. The van der Waals surface area contributed by atoms with Crippen LogP contribution in [0.25, 0.3) is 11.0 Å². The molecule has 1 N–H and O–H groups in total. The van der Waals surface area contributed by atoms with Crippen LogP contribution in [0.3, 0.4) is 0 Å². The van der Waals surface area contributed by atoms with E-state index in [2.05, 4.69) is 40.0 Å². The maximum Gasteiger partial charge on any atom is 0.126 e. The third-order valence-corrected chi connectivity index (χ3v) is 2.16. The van der Waals surface area contributed by atoms with E-state index >= 15 is 0 Å². The second-order valence-electron chi connectivity index (χ2n) is 1.91. The van der Waals surface area contributed by atoms with E-state index < -0.39 is 0 Å². The molecule has 2 aromatic rings. The zero-order chi connectivity index (χ0) is 6.27. The van der Waals surface area contributed by atoms with Gasteiger partial charge in [-0.2, -0.15) is 0 Å². The van der Waals surface area contributed by atoms with E-state index in [4.69, 9.17) is 0 Å². The first-order valence-electron chi connectivity index (χ1n) is 2.68. The summed E-state index contributed by atoms with van der Waals surface area (Å²) in [6.07, 6.45) is 3.97. The minimum atomic E-state index is 1.18. The molecule has 0 bridgehead atoms. The normalized spacial score (nSPS) is 10.8. The third-order valence-electron chi connectivity index (χ3n) is 1.35. The fourth-order valence-corrected chi connectivity index (χ4v) is 1.49. The van der Waals surface area contributed by atoms with Crippen molar-refractivity contribution in [1.82, 2.24) is 7.76 Å². The number of H-pyrrole nitrogens is 1. The van der Waals surface area contributed by atoms with Gasteiger partial charge in [-0.15, -0.1) is 0 Å². The minimum absolute atomic E-state index is 1.18. The highest BCUT2D eigenvalue weighted by atomic mass is 127. The van der Waals surface area contributed by atoms with Crippen molar-refractivity contribution in [2.75, 3.05) is 0 Å². The van der Waals surface area contributed by atoms with Gasteiger partial charge in [-0.05, 0) is 12.1 Å². The van der Waals surface area contributed by atoms with Crippen LogP contribution in [0.5, 0.6) is 0 Å². The summed E-state index contributed by atoms with van der Waals surface area (Å²) < 4.78 is 2.03. The van der Waals surface area contributed by atoms with E-state index in [-0.39, 0.29) is 0 Å². The van der Waals surface area contributed by atoms with Gasteiger partial charge in [0.15, 0.2) is 0 Å². The Morgan fingerprint density at radius 3 is 3.11 bits per heavy atom. The van der Waals surface area contributed by atoms with Crippen LogP contribution in [0, 0.1) is 0 Å². The molecule has 9 heavy (non-hydrogen) atoms. The summed E-state index contributed by atoms with van der Waals surface area (Å²) in [5, 5.41) is 1.27. The van der Waals surface area contributed by atoms with Gasteiger partial charge in [0, 0.05) is 17.8 Å². The van der Waals surface area contributed by atoms with Gasteiger partial charge in [-0.1, -0.05) is 0 Å². The summed E-state index contributed by atoms with van der Waals surface area (Å²) in [6, 6.07) is 4.14. The van der Waals surface area contributed by atoms with Crippen molar-refractivity contribution in [2.24, 2.45) is 0 Å². The first-order chi connectivity index (χ1) is 4.38. The summed E-state index contributed by atoms with van der Waals surface area (Å²) in [6.45, 7) is 0. The third kappa shape index (κ3) is 0.676. The van der Waals surface area contributed by atoms with Crippen molar-refractivity contribution >= 4 is 33.9 Å². The van der Waals surface area contributed by atoms with Gasteiger partial charge in [-0.3, -0.25) is 2.78 Å². The summed E-state index contributed by atoms with van der Waals surface area (Å²) in [7, 11) is 0. The molecule has 0 spiro atoms. The predicted molar refractivity (Wildman–Crippen MR) is 45.7 cm³/mol. The quantitative estimate of drug-likeness (QED) is 0.672. The number of aromatic amines is 1. The zero-order valence-corrected chi connectivity index (χ0v) is 6.79. The Morgan fingerprint density at radius 1 is 1.44 bits per heavy atom. The molecule has 3 heteroatoms. The maximum atomic E-state index is 3.12. The van der Waals surface area contributed by atoms with Crippen molar-refractivity contribution in [2.45, 2.75) is 0 Å². The lowest BCUT2D eigenvalue weighted by atomic mass is 10.4. The molecule has 2 nitrogen and oxygen atoms in total. The minimum Gasteiger partial charge on any atom is -0.347 e. The molecule has 0 aliphatic heterocycles. The molecule has 2 aromatic heterocycles. The second kappa shape index (κ2) is 1.76. The average Bonchev–Trinajstić information content (AvgIpc) is 2.35. The summed E-state index contributed by atoms with van der Waals surface area (Å²) >= 11 is 2.24. The molecule has 0 saturated carbocycles. The van der Waals surface area contributed by atoms with E-state index in [0.717, 1.165) is 0 Å². The number of nitrogens with one attached hydrogen (secondary N) is 1. The molecule has 0 atom stereocenters. The monoisotopic (exact) mass is 232 g/mol. The maximum absolute atomic E-state index is 3.12. The molecular weight excluding hydrogens is 227 g/mol. The summed E-state index contributed by atoms with van der Waals surface area (Å²) in [4.78, 5) is 3.12. The van der Waals surface area contributed by atoms with Crippen LogP contribution < -0.4 is 0 Å². The van der Waals surface area contributed by atoms with Crippen molar-refractivity contribution in [3.63, 3.8) is 0 Å². The van der Waals surface area contributed by atoms with Crippen molar-refractivity contribution in [1.29, 1.82) is 0 Å².